The number of halogens is 1. The first kappa shape index (κ1) is 16.9. The molecule has 1 aromatic carbocycles. The number of sulfonamides is 1. The monoisotopic (exact) mass is 348 g/mol. The molecular formula is C14H21ClN2O2S2. The van der Waals surface area contributed by atoms with E-state index in [2.05, 4.69) is 4.72 Å². The van der Waals surface area contributed by atoms with Gasteiger partial charge in [0, 0.05) is 22.0 Å². The maximum absolute atomic E-state index is 12.5. The van der Waals surface area contributed by atoms with Crippen LogP contribution in [0.15, 0.2) is 17.0 Å². The number of hydrogen-bond acceptors (Lipinski definition) is 4. The molecule has 1 aliphatic rings. The zero-order valence-corrected chi connectivity index (χ0v) is 14.7. The van der Waals surface area contributed by atoms with Crippen LogP contribution in [0.25, 0.3) is 0 Å². The Morgan fingerprint density at radius 2 is 2.00 bits per heavy atom. The van der Waals surface area contributed by atoms with E-state index in [-0.39, 0.29) is 9.64 Å². The molecule has 0 aliphatic heterocycles. The molecule has 1 aliphatic carbocycles. The van der Waals surface area contributed by atoms with E-state index in [1.807, 2.05) is 6.26 Å². The molecule has 0 amide bonds. The molecule has 1 aromatic rings. The largest absolute Gasteiger partial charge is 0.398 e. The summed E-state index contributed by atoms with van der Waals surface area (Å²) in [5.74, 6) is 0. The SMILES string of the molecule is CSC1(CNS(=O)(=O)c2cc(Cl)cc(N)c2C)CCCC1. The summed E-state index contributed by atoms with van der Waals surface area (Å²) in [6, 6.07) is 3.02. The minimum atomic E-state index is -3.60. The summed E-state index contributed by atoms with van der Waals surface area (Å²) in [6.45, 7) is 2.14. The van der Waals surface area contributed by atoms with Crippen LogP contribution in [-0.4, -0.2) is 26.0 Å². The van der Waals surface area contributed by atoms with E-state index >= 15 is 0 Å². The van der Waals surface area contributed by atoms with Crippen LogP contribution in [0.5, 0.6) is 0 Å². The van der Waals surface area contributed by atoms with Gasteiger partial charge in [0.15, 0.2) is 0 Å². The summed E-state index contributed by atoms with van der Waals surface area (Å²) in [6.07, 6.45) is 6.46. The lowest BCUT2D eigenvalue weighted by atomic mass is 10.1. The first-order valence-electron chi connectivity index (χ1n) is 6.90. The fourth-order valence-electron chi connectivity index (χ4n) is 2.73. The van der Waals surface area contributed by atoms with E-state index in [1.54, 1.807) is 24.8 Å². The van der Waals surface area contributed by atoms with Gasteiger partial charge in [0.2, 0.25) is 10.0 Å². The Bertz CT molecular complexity index is 626. The molecule has 0 aromatic heterocycles. The van der Waals surface area contributed by atoms with Crippen molar-refractivity contribution >= 4 is 39.1 Å². The number of nitrogens with one attached hydrogen (secondary N) is 1. The fraction of sp³-hybridized carbons (Fsp3) is 0.571. The molecule has 0 unspecified atom stereocenters. The molecule has 1 saturated carbocycles. The highest BCUT2D eigenvalue weighted by Gasteiger charge is 2.34. The molecule has 0 radical (unpaired) electrons. The van der Waals surface area contributed by atoms with E-state index in [1.165, 1.54) is 6.07 Å². The smallest absolute Gasteiger partial charge is 0.241 e. The Morgan fingerprint density at radius 1 is 1.38 bits per heavy atom. The quantitative estimate of drug-likeness (QED) is 0.801. The van der Waals surface area contributed by atoms with Gasteiger partial charge in [-0.1, -0.05) is 24.4 Å². The second-order valence-corrected chi connectivity index (χ2v) is 8.98. The summed E-state index contributed by atoms with van der Waals surface area (Å²) < 4.78 is 27.8. The summed E-state index contributed by atoms with van der Waals surface area (Å²) in [5, 5.41) is 0.332. The molecule has 118 valence electrons. The average molecular weight is 349 g/mol. The lowest BCUT2D eigenvalue weighted by molar-refractivity contribution is 0.551. The lowest BCUT2D eigenvalue weighted by Crippen LogP contribution is -2.38. The fourth-order valence-corrected chi connectivity index (χ4v) is 5.45. The Labute approximate surface area is 135 Å². The predicted octanol–water partition coefficient (Wildman–Crippen LogP) is 3.18. The molecule has 0 bridgehead atoms. The van der Waals surface area contributed by atoms with Gasteiger partial charge in [-0.3, -0.25) is 0 Å². The molecule has 0 saturated heterocycles. The van der Waals surface area contributed by atoms with Gasteiger partial charge in [-0.15, -0.1) is 0 Å². The molecule has 4 nitrogen and oxygen atoms in total. The Morgan fingerprint density at radius 3 is 2.57 bits per heavy atom. The molecular weight excluding hydrogens is 328 g/mol. The van der Waals surface area contributed by atoms with Crippen molar-refractivity contribution in [3.05, 3.63) is 22.7 Å². The van der Waals surface area contributed by atoms with E-state index in [0.717, 1.165) is 25.7 Å². The van der Waals surface area contributed by atoms with Gasteiger partial charge in [0.05, 0.1) is 4.90 Å². The number of thioether (sulfide) groups is 1. The number of hydrogen-bond donors (Lipinski definition) is 2. The Kier molecular flexibility index (Phi) is 5.13. The maximum atomic E-state index is 12.5. The highest BCUT2D eigenvalue weighted by atomic mass is 35.5. The summed E-state index contributed by atoms with van der Waals surface area (Å²) in [4.78, 5) is 0.168. The zero-order chi connectivity index (χ0) is 15.7. The highest BCUT2D eigenvalue weighted by Crippen LogP contribution is 2.40. The molecule has 7 heteroatoms. The second-order valence-electron chi connectivity index (χ2n) is 5.54. The van der Waals surface area contributed by atoms with Gasteiger partial charge in [-0.05, 0) is 43.7 Å². The molecule has 1 fully saturated rings. The summed E-state index contributed by atoms with van der Waals surface area (Å²) in [7, 11) is -3.60. The van der Waals surface area contributed by atoms with Gasteiger partial charge in [-0.2, -0.15) is 11.8 Å². The first-order chi connectivity index (χ1) is 9.80. The topological polar surface area (TPSA) is 72.2 Å². The van der Waals surface area contributed by atoms with Crippen LogP contribution in [0.2, 0.25) is 5.02 Å². The normalized spacial score (nSPS) is 18.0. The van der Waals surface area contributed by atoms with Crippen molar-refractivity contribution in [3.8, 4) is 0 Å². The van der Waals surface area contributed by atoms with E-state index in [4.69, 9.17) is 17.3 Å². The standard InChI is InChI=1S/C14H21ClN2O2S2/c1-10-12(16)7-11(15)8-13(10)21(18,19)17-9-14(20-2)5-3-4-6-14/h7-8,17H,3-6,9,16H2,1-2H3. The van der Waals surface area contributed by atoms with E-state index in [0.29, 0.717) is 22.8 Å². The van der Waals surface area contributed by atoms with Gasteiger partial charge in [0.25, 0.3) is 0 Å². The van der Waals surface area contributed by atoms with Gasteiger partial charge < -0.3 is 5.73 Å². The number of nitrogens with two attached hydrogens (primary N) is 1. The van der Waals surface area contributed by atoms with Crippen LogP contribution in [-0.2, 0) is 10.0 Å². The van der Waals surface area contributed by atoms with Gasteiger partial charge in [0.1, 0.15) is 0 Å². The van der Waals surface area contributed by atoms with Crippen LogP contribution in [0, 0.1) is 6.92 Å². The first-order valence-corrected chi connectivity index (χ1v) is 9.99. The summed E-state index contributed by atoms with van der Waals surface area (Å²) >= 11 is 7.68. The maximum Gasteiger partial charge on any atom is 0.241 e. The van der Waals surface area contributed by atoms with Crippen LogP contribution < -0.4 is 10.5 Å². The van der Waals surface area contributed by atoms with Crippen LogP contribution in [0.1, 0.15) is 31.2 Å². The van der Waals surface area contributed by atoms with Crippen LogP contribution >= 0.6 is 23.4 Å². The van der Waals surface area contributed by atoms with Crippen molar-refractivity contribution in [1.82, 2.24) is 4.72 Å². The zero-order valence-electron chi connectivity index (χ0n) is 12.3. The number of rotatable bonds is 5. The molecule has 0 heterocycles. The van der Waals surface area contributed by atoms with Crippen molar-refractivity contribution < 1.29 is 8.42 Å². The molecule has 0 atom stereocenters. The second kappa shape index (κ2) is 6.36. The third-order valence-electron chi connectivity index (χ3n) is 4.19. The van der Waals surface area contributed by atoms with Crippen molar-refractivity contribution in [2.45, 2.75) is 42.2 Å². The number of benzene rings is 1. The third-order valence-corrected chi connectivity index (χ3v) is 7.35. The van der Waals surface area contributed by atoms with Crippen molar-refractivity contribution in [2.24, 2.45) is 0 Å². The number of anilines is 1. The van der Waals surface area contributed by atoms with Crippen molar-refractivity contribution in [3.63, 3.8) is 0 Å². The number of nitrogen functional groups attached to an aromatic ring is 1. The molecule has 21 heavy (non-hydrogen) atoms. The van der Waals surface area contributed by atoms with Crippen molar-refractivity contribution in [1.29, 1.82) is 0 Å². The summed E-state index contributed by atoms with van der Waals surface area (Å²) in [5.41, 5.74) is 6.74. The van der Waals surface area contributed by atoms with Crippen LogP contribution in [0.3, 0.4) is 0 Å². The third kappa shape index (κ3) is 3.67. The Balaban J connectivity index is 2.23. The minimum absolute atomic E-state index is 0.0189. The van der Waals surface area contributed by atoms with E-state index in [9.17, 15) is 8.42 Å². The van der Waals surface area contributed by atoms with Gasteiger partial charge in [-0.25, -0.2) is 13.1 Å². The lowest BCUT2D eigenvalue weighted by Gasteiger charge is -2.27. The van der Waals surface area contributed by atoms with Gasteiger partial charge >= 0.3 is 0 Å². The molecule has 2 rings (SSSR count). The average Bonchev–Trinajstić information content (AvgIpc) is 2.90. The van der Waals surface area contributed by atoms with Crippen LogP contribution in [0.4, 0.5) is 5.69 Å². The highest BCUT2D eigenvalue weighted by molar-refractivity contribution is 8.00. The molecule has 3 N–H and O–H groups in total. The predicted molar refractivity (Wildman–Crippen MR) is 90.5 cm³/mol. The van der Waals surface area contributed by atoms with E-state index < -0.39 is 10.0 Å². The minimum Gasteiger partial charge on any atom is -0.398 e. The Hall–Kier alpha value is -0.430. The molecule has 0 spiro atoms. The van der Waals surface area contributed by atoms with Crippen molar-refractivity contribution in [2.75, 3.05) is 18.5 Å².